The SMILES string of the molecule is CCN(C)CC1CCN(C(=O)C2CCNC2)C1. The monoisotopic (exact) mass is 239 g/mol. The number of likely N-dealkylation sites (tertiary alicyclic amines) is 1. The quantitative estimate of drug-likeness (QED) is 0.771. The molecular formula is C13H25N3O. The molecule has 4 heteroatoms. The Labute approximate surface area is 104 Å². The summed E-state index contributed by atoms with van der Waals surface area (Å²) in [6, 6.07) is 0. The molecule has 17 heavy (non-hydrogen) atoms. The van der Waals surface area contributed by atoms with Gasteiger partial charge in [-0.2, -0.15) is 0 Å². The summed E-state index contributed by atoms with van der Waals surface area (Å²) in [5.41, 5.74) is 0. The van der Waals surface area contributed by atoms with Gasteiger partial charge in [0.25, 0.3) is 0 Å². The summed E-state index contributed by atoms with van der Waals surface area (Å²) in [6.45, 7) is 8.24. The van der Waals surface area contributed by atoms with Crippen LogP contribution < -0.4 is 5.32 Å². The van der Waals surface area contributed by atoms with E-state index < -0.39 is 0 Å². The lowest BCUT2D eigenvalue weighted by Gasteiger charge is -2.22. The number of rotatable bonds is 4. The minimum absolute atomic E-state index is 0.248. The molecule has 0 bridgehead atoms. The highest BCUT2D eigenvalue weighted by Gasteiger charge is 2.32. The fraction of sp³-hybridized carbons (Fsp3) is 0.923. The Morgan fingerprint density at radius 3 is 2.94 bits per heavy atom. The number of amides is 1. The summed E-state index contributed by atoms with van der Waals surface area (Å²) in [7, 11) is 2.16. The van der Waals surface area contributed by atoms with E-state index in [4.69, 9.17) is 0 Å². The van der Waals surface area contributed by atoms with Gasteiger partial charge in [0.15, 0.2) is 0 Å². The maximum atomic E-state index is 12.2. The van der Waals surface area contributed by atoms with Gasteiger partial charge in [-0.25, -0.2) is 0 Å². The number of carbonyl (C=O) groups excluding carboxylic acids is 1. The van der Waals surface area contributed by atoms with E-state index in [1.165, 1.54) is 6.42 Å². The summed E-state index contributed by atoms with van der Waals surface area (Å²) in [5.74, 6) is 1.31. The van der Waals surface area contributed by atoms with E-state index in [0.29, 0.717) is 11.8 Å². The van der Waals surface area contributed by atoms with Gasteiger partial charge in [-0.3, -0.25) is 4.79 Å². The lowest BCUT2D eigenvalue weighted by atomic mass is 10.1. The molecular weight excluding hydrogens is 214 g/mol. The van der Waals surface area contributed by atoms with Crippen LogP contribution in [0.3, 0.4) is 0 Å². The highest BCUT2D eigenvalue weighted by molar-refractivity contribution is 5.79. The van der Waals surface area contributed by atoms with Crippen LogP contribution in [0.1, 0.15) is 19.8 Å². The largest absolute Gasteiger partial charge is 0.342 e. The first-order valence-electron chi connectivity index (χ1n) is 6.88. The highest BCUT2D eigenvalue weighted by Crippen LogP contribution is 2.21. The maximum Gasteiger partial charge on any atom is 0.227 e. The van der Waals surface area contributed by atoms with Crippen molar-refractivity contribution in [2.24, 2.45) is 11.8 Å². The fourth-order valence-corrected chi connectivity index (χ4v) is 2.88. The van der Waals surface area contributed by atoms with E-state index in [-0.39, 0.29) is 5.92 Å². The Balaban J connectivity index is 1.78. The minimum atomic E-state index is 0.248. The smallest absolute Gasteiger partial charge is 0.227 e. The second kappa shape index (κ2) is 5.83. The van der Waals surface area contributed by atoms with E-state index >= 15 is 0 Å². The molecule has 2 aliphatic rings. The van der Waals surface area contributed by atoms with Crippen LogP contribution in [0.4, 0.5) is 0 Å². The summed E-state index contributed by atoms with van der Waals surface area (Å²) >= 11 is 0. The second-order valence-corrected chi connectivity index (χ2v) is 5.48. The summed E-state index contributed by atoms with van der Waals surface area (Å²) in [6.07, 6.45) is 2.20. The van der Waals surface area contributed by atoms with Crippen LogP contribution in [0, 0.1) is 11.8 Å². The van der Waals surface area contributed by atoms with Crippen molar-refractivity contribution in [2.75, 3.05) is 46.3 Å². The topological polar surface area (TPSA) is 35.6 Å². The first kappa shape index (κ1) is 12.8. The van der Waals surface area contributed by atoms with Crippen LogP contribution in [-0.2, 0) is 4.79 Å². The van der Waals surface area contributed by atoms with E-state index in [9.17, 15) is 4.79 Å². The second-order valence-electron chi connectivity index (χ2n) is 5.48. The predicted octanol–water partition coefficient (Wildman–Crippen LogP) is 0.396. The molecule has 2 saturated heterocycles. The molecule has 4 nitrogen and oxygen atoms in total. The lowest BCUT2D eigenvalue weighted by Crippen LogP contribution is -2.36. The molecule has 0 aromatic heterocycles. The van der Waals surface area contributed by atoms with Crippen molar-refractivity contribution in [3.05, 3.63) is 0 Å². The third-order valence-electron chi connectivity index (χ3n) is 4.12. The van der Waals surface area contributed by atoms with Crippen LogP contribution in [-0.4, -0.2) is 62.0 Å². The maximum absolute atomic E-state index is 12.2. The minimum Gasteiger partial charge on any atom is -0.342 e. The van der Waals surface area contributed by atoms with Crippen LogP contribution in [0.15, 0.2) is 0 Å². The molecule has 1 N–H and O–H groups in total. The van der Waals surface area contributed by atoms with Crippen molar-refractivity contribution in [1.82, 2.24) is 15.1 Å². The standard InChI is InChI=1S/C13H25N3O/c1-3-15(2)9-11-5-7-16(10-11)13(17)12-4-6-14-8-12/h11-12,14H,3-10H2,1-2H3. The molecule has 2 fully saturated rings. The Hall–Kier alpha value is -0.610. The van der Waals surface area contributed by atoms with Gasteiger partial charge in [-0.05, 0) is 38.9 Å². The van der Waals surface area contributed by atoms with Crippen molar-refractivity contribution in [3.8, 4) is 0 Å². The Morgan fingerprint density at radius 2 is 2.29 bits per heavy atom. The zero-order valence-electron chi connectivity index (χ0n) is 11.1. The zero-order valence-corrected chi connectivity index (χ0v) is 11.1. The van der Waals surface area contributed by atoms with Crippen LogP contribution in [0.5, 0.6) is 0 Å². The number of carbonyl (C=O) groups is 1. The van der Waals surface area contributed by atoms with Gasteiger partial charge >= 0.3 is 0 Å². The van der Waals surface area contributed by atoms with E-state index in [0.717, 1.165) is 45.7 Å². The van der Waals surface area contributed by atoms with Crippen LogP contribution in [0.2, 0.25) is 0 Å². The number of hydrogen-bond acceptors (Lipinski definition) is 3. The molecule has 0 saturated carbocycles. The predicted molar refractivity (Wildman–Crippen MR) is 68.8 cm³/mol. The van der Waals surface area contributed by atoms with Gasteiger partial charge in [0, 0.05) is 26.2 Å². The zero-order chi connectivity index (χ0) is 12.3. The first-order chi connectivity index (χ1) is 8.20. The molecule has 1 amide bonds. The van der Waals surface area contributed by atoms with Gasteiger partial charge in [0.1, 0.15) is 0 Å². The van der Waals surface area contributed by atoms with Gasteiger partial charge < -0.3 is 15.1 Å². The Kier molecular flexibility index (Phi) is 4.40. The van der Waals surface area contributed by atoms with Gasteiger partial charge in [0.2, 0.25) is 5.91 Å². The highest BCUT2D eigenvalue weighted by atomic mass is 16.2. The molecule has 0 aromatic carbocycles. The molecule has 2 aliphatic heterocycles. The van der Waals surface area contributed by atoms with Gasteiger partial charge in [-0.1, -0.05) is 6.92 Å². The molecule has 2 rings (SSSR count). The molecule has 98 valence electrons. The summed E-state index contributed by atoms with van der Waals surface area (Å²) in [5, 5.41) is 3.27. The van der Waals surface area contributed by atoms with Crippen molar-refractivity contribution in [3.63, 3.8) is 0 Å². The molecule has 2 atom stereocenters. The molecule has 2 heterocycles. The molecule has 2 unspecified atom stereocenters. The van der Waals surface area contributed by atoms with E-state index in [2.05, 4.69) is 29.1 Å². The first-order valence-corrected chi connectivity index (χ1v) is 6.88. The summed E-state index contributed by atoms with van der Waals surface area (Å²) in [4.78, 5) is 16.7. The van der Waals surface area contributed by atoms with Crippen LogP contribution in [0.25, 0.3) is 0 Å². The van der Waals surface area contributed by atoms with E-state index in [1.807, 2.05) is 0 Å². The Bertz CT molecular complexity index is 263. The van der Waals surface area contributed by atoms with Crippen LogP contribution >= 0.6 is 0 Å². The third-order valence-corrected chi connectivity index (χ3v) is 4.12. The molecule has 0 aliphatic carbocycles. The van der Waals surface area contributed by atoms with Crippen molar-refractivity contribution in [2.45, 2.75) is 19.8 Å². The number of nitrogens with zero attached hydrogens (tertiary/aromatic N) is 2. The average Bonchev–Trinajstić information content (AvgIpc) is 2.98. The normalized spacial score (nSPS) is 29.2. The summed E-state index contributed by atoms with van der Waals surface area (Å²) < 4.78 is 0. The van der Waals surface area contributed by atoms with Crippen molar-refractivity contribution in [1.29, 1.82) is 0 Å². The lowest BCUT2D eigenvalue weighted by molar-refractivity contribution is -0.133. The fourth-order valence-electron chi connectivity index (χ4n) is 2.88. The Morgan fingerprint density at radius 1 is 1.47 bits per heavy atom. The molecule has 0 spiro atoms. The number of nitrogens with one attached hydrogen (secondary N) is 1. The van der Waals surface area contributed by atoms with E-state index in [1.54, 1.807) is 0 Å². The van der Waals surface area contributed by atoms with Gasteiger partial charge in [-0.15, -0.1) is 0 Å². The number of hydrogen-bond donors (Lipinski definition) is 1. The third kappa shape index (κ3) is 3.19. The molecule has 0 aromatic rings. The van der Waals surface area contributed by atoms with Crippen molar-refractivity contribution < 1.29 is 4.79 Å². The van der Waals surface area contributed by atoms with Gasteiger partial charge in [0.05, 0.1) is 5.92 Å². The van der Waals surface area contributed by atoms with Crippen molar-refractivity contribution >= 4 is 5.91 Å². The average molecular weight is 239 g/mol. The molecule has 0 radical (unpaired) electrons.